The van der Waals surface area contributed by atoms with Gasteiger partial charge in [-0.2, -0.15) is 13.2 Å². The Morgan fingerprint density at radius 3 is 2.50 bits per heavy atom. The molecule has 116 valence electrons. The molecule has 1 saturated carbocycles. The number of nitrogens with zero attached hydrogens (tertiary/aromatic N) is 1. The van der Waals surface area contributed by atoms with Gasteiger partial charge in [0.15, 0.2) is 5.84 Å². The summed E-state index contributed by atoms with van der Waals surface area (Å²) in [5, 5.41) is 14.1. The number of amidine groups is 1. The third kappa shape index (κ3) is 4.26. The van der Waals surface area contributed by atoms with Crippen LogP contribution in [0.15, 0.2) is 5.16 Å². The fraction of sp³-hybridized carbons (Fsp3) is 0.818. The second kappa shape index (κ2) is 6.78. The molecule has 20 heavy (non-hydrogen) atoms. The molecule has 0 heterocycles. The number of ether oxygens (including phenoxy) is 1. The Hall–Kier alpha value is -1.51. The number of halogens is 3. The SMILES string of the molecule is NC(=NO)C1(C(=O)NCCOCC(F)(F)F)CCCC1. The summed E-state index contributed by atoms with van der Waals surface area (Å²) < 4.78 is 39.9. The van der Waals surface area contributed by atoms with Gasteiger partial charge in [-0.05, 0) is 12.8 Å². The van der Waals surface area contributed by atoms with Crippen LogP contribution in [-0.4, -0.2) is 42.9 Å². The molecule has 1 fully saturated rings. The van der Waals surface area contributed by atoms with Crippen LogP contribution in [0.25, 0.3) is 0 Å². The number of hydrogen-bond acceptors (Lipinski definition) is 4. The van der Waals surface area contributed by atoms with Gasteiger partial charge in [0.25, 0.3) is 0 Å². The summed E-state index contributed by atoms with van der Waals surface area (Å²) in [7, 11) is 0. The summed E-state index contributed by atoms with van der Waals surface area (Å²) in [6.07, 6.45) is -1.93. The fourth-order valence-corrected chi connectivity index (χ4v) is 2.27. The first kappa shape index (κ1) is 16.5. The van der Waals surface area contributed by atoms with Crippen molar-refractivity contribution in [2.75, 3.05) is 19.8 Å². The summed E-state index contributed by atoms with van der Waals surface area (Å²) in [4.78, 5) is 12.1. The van der Waals surface area contributed by atoms with Crippen molar-refractivity contribution in [3.05, 3.63) is 0 Å². The minimum atomic E-state index is -4.38. The highest BCUT2D eigenvalue weighted by Crippen LogP contribution is 2.38. The molecule has 0 bridgehead atoms. The molecule has 0 radical (unpaired) electrons. The normalized spacial score (nSPS) is 19.1. The van der Waals surface area contributed by atoms with Gasteiger partial charge in [0.05, 0.1) is 6.61 Å². The van der Waals surface area contributed by atoms with Gasteiger partial charge in [-0.1, -0.05) is 18.0 Å². The molecule has 1 amide bonds. The van der Waals surface area contributed by atoms with Crippen LogP contribution in [0.5, 0.6) is 0 Å². The second-order valence-electron chi connectivity index (χ2n) is 4.70. The van der Waals surface area contributed by atoms with E-state index in [4.69, 9.17) is 10.9 Å². The van der Waals surface area contributed by atoms with E-state index in [-0.39, 0.29) is 19.0 Å². The van der Waals surface area contributed by atoms with Crippen LogP contribution < -0.4 is 11.1 Å². The zero-order chi connectivity index (χ0) is 15.2. The van der Waals surface area contributed by atoms with Crippen LogP contribution >= 0.6 is 0 Å². The van der Waals surface area contributed by atoms with E-state index in [1.54, 1.807) is 0 Å². The number of hydrogen-bond donors (Lipinski definition) is 3. The van der Waals surface area contributed by atoms with Crippen LogP contribution in [-0.2, 0) is 9.53 Å². The monoisotopic (exact) mass is 297 g/mol. The van der Waals surface area contributed by atoms with E-state index in [1.165, 1.54) is 0 Å². The van der Waals surface area contributed by atoms with Gasteiger partial charge in [0.2, 0.25) is 5.91 Å². The topological polar surface area (TPSA) is 96.9 Å². The molecule has 1 aliphatic rings. The summed E-state index contributed by atoms with van der Waals surface area (Å²) in [5.74, 6) is -0.607. The quantitative estimate of drug-likeness (QED) is 0.224. The molecule has 9 heteroatoms. The average Bonchev–Trinajstić information content (AvgIpc) is 2.86. The summed E-state index contributed by atoms with van der Waals surface area (Å²) in [6.45, 7) is -1.67. The molecule has 0 unspecified atom stereocenters. The Labute approximate surface area is 114 Å². The van der Waals surface area contributed by atoms with Gasteiger partial charge >= 0.3 is 6.18 Å². The fourth-order valence-electron chi connectivity index (χ4n) is 2.27. The predicted molar refractivity (Wildman–Crippen MR) is 64.2 cm³/mol. The van der Waals surface area contributed by atoms with Gasteiger partial charge in [0.1, 0.15) is 12.0 Å². The highest BCUT2D eigenvalue weighted by atomic mass is 19.4. The van der Waals surface area contributed by atoms with Crippen LogP contribution in [0, 0.1) is 5.41 Å². The van der Waals surface area contributed by atoms with Crippen molar-refractivity contribution in [1.29, 1.82) is 0 Å². The zero-order valence-electron chi connectivity index (χ0n) is 10.9. The van der Waals surface area contributed by atoms with E-state index in [0.29, 0.717) is 12.8 Å². The Bertz CT molecular complexity index is 366. The summed E-state index contributed by atoms with van der Waals surface area (Å²) >= 11 is 0. The van der Waals surface area contributed by atoms with E-state index in [1.807, 2.05) is 0 Å². The summed E-state index contributed by atoms with van der Waals surface area (Å²) in [5.41, 5.74) is 4.50. The molecular weight excluding hydrogens is 279 g/mol. The van der Waals surface area contributed by atoms with Crippen molar-refractivity contribution in [3.63, 3.8) is 0 Å². The Balaban J connectivity index is 2.41. The molecule has 0 aromatic rings. The van der Waals surface area contributed by atoms with Crippen molar-refractivity contribution in [1.82, 2.24) is 5.32 Å². The van der Waals surface area contributed by atoms with Crippen molar-refractivity contribution in [2.24, 2.45) is 16.3 Å². The lowest BCUT2D eigenvalue weighted by atomic mass is 9.84. The Kier molecular flexibility index (Phi) is 5.61. The van der Waals surface area contributed by atoms with Crippen LogP contribution in [0.1, 0.15) is 25.7 Å². The number of nitrogens with two attached hydrogens (primary N) is 1. The highest BCUT2D eigenvalue weighted by Gasteiger charge is 2.45. The molecule has 0 aliphatic heterocycles. The van der Waals surface area contributed by atoms with E-state index in [0.717, 1.165) is 12.8 Å². The third-order valence-electron chi connectivity index (χ3n) is 3.29. The molecule has 0 atom stereocenters. The number of carbonyl (C=O) groups is 1. The third-order valence-corrected chi connectivity index (χ3v) is 3.29. The number of amides is 1. The first-order valence-electron chi connectivity index (χ1n) is 6.22. The smallest absolute Gasteiger partial charge is 0.409 e. The Morgan fingerprint density at radius 1 is 1.40 bits per heavy atom. The van der Waals surface area contributed by atoms with E-state index < -0.39 is 24.1 Å². The van der Waals surface area contributed by atoms with Gasteiger partial charge in [-0.3, -0.25) is 4.79 Å². The maximum Gasteiger partial charge on any atom is 0.411 e. The van der Waals surface area contributed by atoms with Crippen LogP contribution in [0.4, 0.5) is 13.2 Å². The largest absolute Gasteiger partial charge is 0.411 e. The lowest BCUT2D eigenvalue weighted by molar-refractivity contribution is -0.173. The predicted octanol–water partition coefficient (Wildman–Crippen LogP) is 0.988. The lowest BCUT2D eigenvalue weighted by Gasteiger charge is -2.25. The molecule has 4 N–H and O–H groups in total. The number of carbonyl (C=O) groups excluding carboxylic acids is 1. The minimum absolute atomic E-state index is 0.0601. The first-order chi connectivity index (χ1) is 9.32. The van der Waals surface area contributed by atoms with Gasteiger partial charge in [-0.25, -0.2) is 0 Å². The van der Waals surface area contributed by atoms with Crippen LogP contribution in [0.3, 0.4) is 0 Å². The average molecular weight is 297 g/mol. The van der Waals surface area contributed by atoms with E-state index in [2.05, 4.69) is 15.2 Å². The number of oxime groups is 1. The zero-order valence-corrected chi connectivity index (χ0v) is 10.9. The summed E-state index contributed by atoms with van der Waals surface area (Å²) in [6, 6.07) is 0. The minimum Gasteiger partial charge on any atom is -0.409 e. The molecular formula is C11H18F3N3O3. The second-order valence-corrected chi connectivity index (χ2v) is 4.70. The molecule has 1 rings (SSSR count). The van der Waals surface area contributed by atoms with Crippen molar-refractivity contribution in [2.45, 2.75) is 31.9 Å². The van der Waals surface area contributed by atoms with E-state index in [9.17, 15) is 18.0 Å². The molecule has 0 spiro atoms. The number of rotatable bonds is 6. The highest BCUT2D eigenvalue weighted by molar-refractivity contribution is 6.07. The first-order valence-corrected chi connectivity index (χ1v) is 6.22. The number of nitrogens with one attached hydrogen (secondary N) is 1. The standard InChI is InChI=1S/C11H18F3N3O3/c12-11(13,14)7-20-6-5-16-9(18)10(8(15)17-19)3-1-2-4-10/h19H,1-7H2,(H2,15,17)(H,16,18). The number of alkyl halides is 3. The van der Waals surface area contributed by atoms with E-state index >= 15 is 0 Å². The lowest BCUT2D eigenvalue weighted by Crippen LogP contribution is -2.49. The van der Waals surface area contributed by atoms with Gasteiger partial charge in [0, 0.05) is 6.54 Å². The van der Waals surface area contributed by atoms with Crippen molar-refractivity contribution < 1.29 is 27.9 Å². The molecule has 1 aliphatic carbocycles. The van der Waals surface area contributed by atoms with Crippen molar-refractivity contribution in [3.8, 4) is 0 Å². The molecule has 6 nitrogen and oxygen atoms in total. The molecule has 0 aromatic carbocycles. The molecule has 0 aromatic heterocycles. The van der Waals surface area contributed by atoms with Gasteiger partial charge < -0.3 is 21.0 Å². The molecule has 0 saturated heterocycles. The maximum absolute atomic E-state index is 12.1. The maximum atomic E-state index is 12.1. The van der Waals surface area contributed by atoms with Crippen LogP contribution in [0.2, 0.25) is 0 Å². The Morgan fingerprint density at radius 2 is 2.00 bits per heavy atom. The van der Waals surface area contributed by atoms with Gasteiger partial charge in [-0.15, -0.1) is 0 Å². The van der Waals surface area contributed by atoms with Crippen molar-refractivity contribution >= 4 is 11.7 Å².